The Labute approximate surface area is 195 Å². The average molecular weight is 464 g/mol. The lowest BCUT2D eigenvalue weighted by molar-refractivity contribution is -0.384. The van der Waals surface area contributed by atoms with Crippen LogP contribution in [0.4, 0.5) is 27.7 Å². The molecule has 1 aromatic heterocycles. The first-order valence-corrected chi connectivity index (χ1v) is 10.7. The van der Waals surface area contributed by atoms with E-state index in [2.05, 4.69) is 21.0 Å². The number of rotatable bonds is 6. The van der Waals surface area contributed by atoms with Gasteiger partial charge in [0.15, 0.2) is 5.82 Å². The quantitative estimate of drug-likeness (QED) is 0.365. The van der Waals surface area contributed by atoms with Crippen LogP contribution in [-0.4, -0.2) is 33.3 Å². The van der Waals surface area contributed by atoms with Gasteiger partial charge in [-0.1, -0.05) is 6.07 Å². The Morgan fingerprint density at radius 2 is 1.91 bits per heavy atom. The molecule has 0 unspecified atom stereocenters. The fraction of sp³-hybridized carbons (Fsp3) is 0.261. The number of hydrogen-bond donors (Lipinski definition) is 3. The van der Waals surface area contributed by atoms with Crippen LogP contribution in [0.3, 0.4) is 0 Å². The second-order valence-electron chi connectivity index (χ2n) is 8.23. The molecule has 0 fully saturated rings. The monoisotopic (exact) mass is 464 g/mol. The number of amides is 1. The maximum absolute atomic E-state index is 12.6. The van der Waals surface area contributed by atoms with Crippen molar-refractivity contribution in [2.24, 2.45) is 0 Å². The van der Waals surface area contributed by atoms with E-state index in [0.29, 0.717) is 29.3 Å². The van der Waals surface area contributed by atoms with Gasteiger partial charge in [0, 0.05) is 41.2 Å². The van der Waals surface area contributed by atoms with Gasteiger partial charge in [-0.3, -0.25) is 14.9 Å². The van der Waals surface area contributed by atoms with Crippen molar-refractivity contribution in [2.45, 2.75) is 32.9 Å². The summed E-state index contributed by atoms with van der Waals surface area (Å²) in [6, 6.07) is 12.4. The SMILES string of the molecule is CCOC(=O)n1nc(Nc2cccc(NC(=O)c3ccc([N+](=O)[O-])cc3)c2)c2c1C(C)(C)NC2. The van der Waals surface area contributed by atoms with E-state index in [1.54, 1.807) is 25.1 Å². The van der Waals surface area contributed by atoms with Gasteiger partial charge in [-0.2, -0.15) is 4.68 Å². The Hall–Kier alpha value is -4.25. The summed E-state index contributed by atoms with van der Waals surface area (Å²) < 4.78 is 6.44. The zero-order valence-corrected chi connectivity index (χ0v) is 18.9. The van der Waals surface area contributed by atoms with Crippen LogP contribution in [0.15, 0.2) is 48.5 Å². The van der Waals surface area contributed by atoms with Crippen molar-refractivity contribution >= 4 is 34.9 Å². The van der Waals surface area contributed by atoms with Gasteiger partial charge in [-0.25, -0.2) is 4.79 Å². The second kappa shape index (κ2) is 8.94. The third-order valence-electron chi connectivity index (χ3n) is 5.45. The molecule has 0 spiro atoms. The Morgan fingerprint density at radius 3 is 2.59 bits per heavy atom. The fourth-order valence-electron chi connectivity index (χ4n) is 3.82. The van der Waals surface area contributed by atoms with Gasteiger partial charge in [0.2, 0.25) is 0 Å². The van der Waals surface area contributed by atoms with Crippen molar-refractivity contribution in [3.8, 4) is 0 Å². The van der Waals surface area contributed by atoms with Gasteiger partial charge in [0.1, 0.15) is 0 Å². The average Bonchev–Trinajstić information content (AvgIpc) is 3.32. The van der Waals surface area contributed by atoms with Crippen LogP contribution >= 0.6 is 0 Å². The van der Waals surface area contributed by atoms with Crippen molar-refractivity contribution in [1.82, 2.24) is 15.1 Å². The first-order chi connectivity index (χ1) is 16.2. The number of anilines is 3. The number of carbonyl (C=O) groups is 2. The topological polar surface area (TPSA) is 140 Å². The minimum atomic E-state index is -0.548. The molecule has 3 N–H and O–H groups in total. The molecule has 0 saturated carbocycles. The van der Waals surface area contributed by atoms with Crippen molar-refractivity contribution < 1.29 is 19.2 Å². The molecule has 2 aromatic carbocycles. The molecule has 4 rings (SSSR count). The Morgan fingerprint density at radius 1 is 1.21 bits per heavy atom. The highest BCUT2D eigenvalue weighted by molar-refractivity contribution is 6.04. The smallest absolute Gasteiger partial charge is 0.435 e. The molecule has 0 atom stereocenters. The summed E-state index contributed by atoms with van der Waals surface area (Å²) in [5.74, 6) is 0.116. The number of benzene rings is 2. The number of fused-ring (bicyclic) bond motifs is 1. The van der Waals surface area contributed by atoms with Crippen molar-refractivity contribution in [1.29, 1.82) is 0 Å². The molecule has 11 heteroatoms. The first kappa shape index (κ1) is 22.9. The van der Waals surface area contributed by atoms with Crippen molar-refractivity contribution in [3.63, 3.8) is 0 Å². The summed E-state index contributed by atoms with van der Waals surface area (Å²) in [4.78, 5) is 35.3. The zero-order chi connectivity index (χ0) is 24.5. The molecule has 0 saturated heterocycles. The lowest BCUT2D eigenvalue weighted by Gasteiger charge is -2.20. The molecule has 0 bridgehead atoms. The second-order valence-corrected chi connectivity index (χ2v) is 8.23. The normalized spacial score (nSPS) is 13.7. The number of ether oxygens (including phenoxy) is 1. The molecular formula is C23H24N6O5. The Kier molecular flexibility index (Phi) is 6.03. The largest absolute Gasteiger partial charge is 0.448 e. The molecule has 11 nitrogen and oxygen atoms in total. The maximum Gasteiger partial charge on any atom is 0.435 e. The first-order valence-electron chi connectivity index (χ1n) is 10.7. The molecule has 2 heterocycles. The zero-order valence-electron chi connectivity index (χ0n) is 18.9. The molecule has 3 aromatic rings. The lowest BCUT2D eigenvalue weighted by atomic mass is 10.0. The van der Waals surface area contributed by atoms with Gasteiger partial charge in [0.25, 0.3) is 11.6 Å². The highest BCUT2D eigenvalue weighted by Crippen LogP contribution is 2.36. The van der Waals surface area contributed by atoms with Crippen LogP contribution in [-0.2, 0) is 16.8 Å². The number of nitro benzene ring substituents is 1. The van der Waals surface area contributed by atoms with Crippen LogP contribution in [0.2, 0.25) is 0 Å². The predicted octanol–water partition coefficient (Wildman–Crippen LogP) is 4.13. The summed E-state index contributed by atoms with van der Waals surface area (Å²) in [6.07, 6.45) is -0.548. The summed E-state index contributed by atoms with van der Waals surface area (Å²) in [5.41, 5.74) is 2.51. The van der Waals surface area contributed by atoms with Crippen LogP contribution in [0.5, 0.6) is 0 Å². The van der Waals surface area contributed by atoms with Crippen LogP contribution in [0, 0.1) is 10.1 Å². The number of aromatic nitrogens is 2. The summed E-state index contributed by atoms with van der Waals surface area (Å²) in [7, 11) is 0. The van der Waals surface area contributed by atoms with Crippen LogP contribution in [0.1, 0.15) is 42.4 Å². The van der Waals surface area contributed by atoms with Crippen molar-refractivity contribution in [3.05, 3.63) is 75.5 Å². The van der Waals surface area contributed by atoms with Crippen LogP contribution < -0.4 is 16.0 Å². The summed E-state index contributed by atoms with van der Waals surface area (Å²) in [5, 5.41) is 24.6. The van der Waals surface area contributed by atoms with E-state index in [4.69, 9.17) is 4.74 Å². The number of carbonyl (C=O) groups excluding carboxylic acids is 2. The van der Waals surface area contributed by atoms with Gasteiger partial charge in [-0.15, -0.1) is 5.10 Å². The molecule has 1 aliphatic heterocycles. The third kappa shape index (κ3) is 4.46. The van der Waals surface area contributed by atoms with Gasteiger partial charge >= 0.3 is 6.09 Å². The van der Waals surface area contributed by atoms with E-state index in [0.717, 1.165) is 11.3 Å². The van der Waals surface area contributed by atoms with E-state index in [1.165, 1.54) is 28.9 Å². The lowest BCUT2D eigenvalue weighted by Crippen LogP contribution is -2.34. The molecule has 1 amide bonds. The highest BCUT2D eigenvalue weighted by atomic mass is 16.6. The predicted molar refractivity (Wildman–Crippen MR) is 125 cm³/mol. The van der Waals surface area contributed by atoms with E-state index >= 15 is 0 Å². The number of non-ortho nitro benzene ring substituents is 1. The molecule has 0 radical (unpaired) electrons. The molecular weight excluding hydrogens is 440 g/mol. The Bertz CT molecular complexity index is 1270. The van der Waals surface area contributed by atoms with Gasteiger partial charge in [0.05, 0.1) is 22.8 Å². The molecule has 34 heavy (non-hydrogen) atoms. The van der Waals surface area contributed by atoms with Crippen LogP contribution in [0.25, 0.3) is 0 Å². The van der Waals surface area contributed by atoms with E-state index in [-0.39, 0.29) is 12.3 Å². The van der Waals surface area contributed by atoms with Gasteiger partial charge in [-0.05, 0) is 51.1 Å². The van der Waals surface area contributed by atoms with E-state index in [9.17, 15) is 19.7 Å². The van der Waals surface area contributed by atoms with Crippen molar-refractivity contribution in [2.75, 3.05) is 17.2 Å². The van der Waals surface area contributed by atoms with E-state index in [1.807, 2.05) is 19.9 Å². The Balaban J connectivity index is 1.55. The maximum atomic E-state index is 12.6. The number of nitrogens with one attached hydrogen (secondary N) is 3. The van der Waals surface area contributed by atoms with E-state index < -0.39 is 22.5 Å². The number of nitro groups is 1. The third-order valence-corrected chi connectivity index (χ3v) is 5.45. The standard InChI is InChI=1S/C23H24N6O5/c1-4-34-22(31)28-19-18(13-24-23(19,2)3)20(27-28)25-15-6-5-7-16(12-15)26-21(30)14-8-10-17(11-9-14)29(32)33/h5-12,24H,4,13H2,1-3H3,(H,25,27)(H,26,30). The number of hydrogen-bond acceptors (Lipinski definition) is 8. The highest BCUT2D eigenvalue weighted by Gasteiger charge is 2.38. The minimum Gasteiger partial charge on any atom is -0.448 e. The minimum absolute atomic E-state index is 0.0878. The number of nitrogens with zero attached hydrogens (tertiary/aromatic N) is 3. The van der Waals surface area contributed by atoms with Gasteiger partial charge < -0.3 is 20.7 Å². The summed E-state index contributed by atoms with van der Waals surface area (Å²) >= 11 is 0. The molecule has 1 aliphatic rings. The molecule has 176 valence electrons. The molecule has 0 aliphatic carbocycles. The fourth-order valence-corrected chi connectivity index (χ4v) is 3.82. The summed E-state index contributed by atoms with van der Waals surface area (Å²) in [6.45, 7) is 6.44.